The highest BCUT2D eigenvalue weighted by atomic mass is 16.3. The third kappa shape index (κ3) is 3.20. The van der Waals surface area contributed by atoms with Crippen LogP contribution in [0.3, 0.4) is 0 Å². The number of hydrogen-bond acceptors (Lipinski definition) is 3. The molecule has 132 valence electrons. The second-order valence-corrected chi connectivity index (χ2v) is 6.87. The Balaban J connectivity index is 1.47. The number of nitrogens with zero attached hydrogens (tertiary/aromatic N) is 2. The van der Waals surface area contributed by atoms with Crippen molar-refractivity contribution in [1.82, 2.24) is 9.88 Å². The number of carbonyl (C=O) groups is 1. The highest BCUT2D eigenvalue weighted by molar-refractivity contribution is 6.05. The first-order valence-corrected chi connectivity index (χ1v) is 9.10. The summed E-state index contributed by atoms with van der Waals surface area (Å²) in [5.74, 6) is 0.217. The van der Waals surface area contributed by atoms with Gasteiger partial charge in [0.05, 0.1) is 17.2 Å². The van der Waals surface area contributed by atoms with Crippen LogP contribution < -0.4 is 0 Å². The Morgan fingerprint density at radius 1 is 1.00 bits per heavy atom. The number of carbonyl (C=O) groups excluding carboxylic acids is 1. The Morgan fingerprint density at radius 3 is 2.50 bits per heavy atom. The van der Waals surface area contributed by atoms with Crippen molar-refractivity contribution >= 4 is 16.8 Å². The van der Waals surface area contributed by atoms with E-state index in [4.69, 9.17) is 0 Å². The number of amides is 1. The summed E-state index contributed by atoms with van der Waals surface area (Å²) in [5.41, 5.74) is 2.37. The van der Waals surface area contributed by atoms with Gasteiger partial charge in [-0.25, -0.2) is 0 Å². The zero-order chi connectivity index (χ0) is 17.9. The number of aliphatic hydroxyl groups is 1. The quantitative estimate of drug-likeness (QED) is 0.784. The van der Waals surface area contributed by atoms with E-state index in [0.717, 1.165) is 29.3 Å². The van der Waals surface area contributed by atoms with Crippen molar-refractivity contribution in [2.75, 3.05) is 13.1 Å². The molecule has 1 saturated heterocycles. The Kier molecular flexibility index (Phi) is 4.67. The molecule has 0 radical (unpaired) electrons. The molecule has 2 heterocycles. The summed E-state index contributed by atoms with van der Waals surface area (Å²) >= 11 is 0. The Hall–Kier alpha value is -2.72. The minimum atomic E-state index is -0.465. The lowest BCUT2D eigenvalue weighted by Gasteiger charge is -2.34. The lowest BCUT2D eigenvalue weighted by molar-refractivity contribution is 0.0463. The van der Waals surface area contributed by atoms with Gasteiger partial charge in [0.25, 0.3) is 5.91 Å². The van der Waals surface area contributed by atoms with Gasteiger partial charge >= 0.3 is 0 Å². The Labute approximate surface area is 153 Å². The number of fused-ring (bicyclic) bond motifs is 1. The topological polar surface area (TPSA) is 53.4 Å². The Morgan fingerprint density at radius 2 is 1.73 bits per heavy atom. The van der Waals surface area contributed by atoms with E-state index in [0.29, 0.717) is 18.7 Å². The van der Waals surface area contributed by atoms with Crippen molar-refractivity contribution in [3.8, 4) is 0 Å². The lowest BCUT2D eigenvalue weighted by Crippen LogP contribution is -2.39. The van der Waals surface area contributed by atoms with Crippen molar-refractivity contribution in [3.63, 3.8) is 0 Å². The van der Waals surface area contributed by atoms with Gasteiger partial charge in [-0.3, -0.25) is 9.78 Å². The van der Waals surface area contributed by atoms with E-state index in [1.807, 2.05) is 65.6 Å². The van der Waals surface area contributed by atoms with Crippen LogP contribution in [-0.4, -0.2) is 34.0 Å². The fourth-order valence-electron chi connectivity index (χ4n) is 3.79. The van der Waals surface area contributed by atoms with Crippen molar-refractivity contribution < 1.29 is 9.90 Å². The van der Waals surface area contributed by atoms with E-state index in [1.54, 1.807) is 6.20 Å². The van der Waals surface area contributed by atoms with Gasteiger partial charge in [-0.15, -0.1) is 0 Å². The molecule has 0 aliphatic carbocycles. The number of hydrogen-bond donors (Lipinski definition) is 1. The average Bonchev–Trinajstić information content (AvgIpc) is 2.73. The number of likely N-dealkylation sites (tertiary alicyclic amines) is 1. The molecular weight excluding hydrogens is 324 g/mol. The van der Waals surface area contributed by atoms with Gasteiger partial charge in [0, 0.05) is 24.7 Å². The first kappa shape index (κ1) is 16.7. The van der Waals surface area contributed by atoms with Crippen LogP contribution in [0.4, 0.5) is 0 Å². The highest BCUT2D eigenvalue weighted by Crippen LogP contribution is 2.31. The molecule has 0 saturated carbocycles. The van der Waals surface area contributed by atoms with Crippen molar-refractivity contribution in [1.29, 1.82) is 0 Å². The summed E-state index contributed by atoms with van der Waals surface area (Å²) in [6.07, 6.45) is 2.87. The predicted octanol–water partition coefficient (Wildman–Crippen LogP) is 3.82. The minimum Gasteiger partial charge on any atom is -0.388 e. The SMILES string of the molecule is O=C(c1cccc2cccnc12)N1CCC([C@H](O)c2ccccc2)CC1. The number of piperidine rings is 1. The average molecular weight is 346 g/mol. The normalized spacial score (nSPS) is 16.6. The summed E-state index contributed by atoms with van der Waals surface area (Å²) in [5, 5.41) is 11.6. The zero-order valence-electron chi connectivity index (χ0n) is 14.6. The smallest absolute Gasteiger partial charge is 0.256 e. The number of benzene rings is 2. The molecule has 4 heteroatoms. The molecule has 4 nitrogen and oxygen atoms in total. The lowest BCUT2D eigenvalue weighted by atomic mass is 9.87. The molecule has 1 fully saturated rings. The van der Waals surface area contributed by atoms with Gasteiger partial charge in [-0.1, -0.05) is 48.5 Å². The van der Waals surface area contributed by atoms with Gasteiger partial charge < -0.3 is 10.0 Å². The molecule has 4 rings (SSSR count). The minimum absolute atomic E-state index is 0.0296. The molecule has 1 amide bonds. The monoisotopic (exact) mass is 346 g/mol. The van der Waals surface area contributed by atoms with Gasteiger partial charge in [-0.2, -0.15) is 0 Å². The van der Waals surface area contributed by atoms with E-state index >= 15 is 0 Å². The molecule has 0 spiro atoms. The van der Waals surface area contributed by atoms with E-state index in [1.165, 1.54) is 0 Å². The van der Waals surface area contributed by atoms with Gasteiger partial charge in [-0.05, 0) is 36.5 Å². The standard InChI is InChI=1S/C22H22N2O2/c25-21(17-6-2-1-3-7-17)18-11-14-24(15-12-18)22(26)19-10-4-8-16-9-5-13-23-20(16)19/h1-10,13,18,21,25H,11-12,14-15H2/t21-/m1/s1. The zero-order valence-corrected chi connectivity index (χ0v) is 14.6. The van der Waals surface area contributed by atoms with E-state index in [9.17, 15) is 9.90 Å². The molecule has 1 aliphatic heterocycles. The van der Waals surface area contributed by atoms with Crippen LogP contribution >= 0.6 is 0 Å². The number of aromatic nitrogens is 1. The van der Waals surface area contributed by atoms with Gasteiger partial charge in [0.15, 0.2) is 0 Å². The number of rotatable bonds is 3. The molecule has 1 N–H and O–H groups in total. The van der Waals surface area contributed by atoms with Gasteiger partial charge in [0.2, 0.25) is 0 Å². The molecule has 1 aliphatic rings. The van der Waals surface area contributed by atoms with Crippen LogP contribution in [0.15, 0.2) is 66.9 Å². The van der Waals surface area contributed by atoms with Gasteiger partial charge in [0.1, 0.15) is 0 Å². The van der Waals surface area contributed by atoms with Crippen LogP contribution in [0.5, 0.6) is 0 Å². The number of para-hydroxylation sites is 1. The molecule has 26 heavy (non-hydrogen) atoms. The summed E-state index contributed by atoms with van der Waals surface area (Å²) < 4.78 is 0. The summed E-state index contributed by atoms with van der Waals surface area (Å²) in [4.78, 5) is 19.3. The second kappa shape index (κ2) is 7.26. The molecule has 0 bridgehead atoms. The van der Waals surface area contributed by atoms with Crippen LogP contribution in [0, 0.1) is 5.92 Å². The fourth-order valence-corrected chi connectivity index (χ4v) is 3.79. The third-order valence-corrected chi connectivity index (χ3v) is 5.28. The molecule has 1 atom stereocenters. The highest BCUT2D eigenvalue weighted by Gasteiger charge is 2.29. The summed E-state index contributed by atoms with van der Waals surface area (Å²) in [6, 6.07) is 19.4. The Bertz CT molecular complexity index is 897. The van der Waals surface area contributed by atoms with Crippen molar-refractivity contribution in [3.05, 3.63) is 78.0 Å². The van der Waals surface area contributed by atoms with Crippen molar-refractivity contribution in [2.24, 2.45) is 5.92 Å². The maximum Gasteiger partial charge on any atom is 0.256 e. The maximum atomic E-state index is 13.0. The number of pyridine rings is 1. The summed E-state index contributed by atoms with van der Waals surface area (Å²) in [7, 11) is 0. The maximum absolute atomic E-state index is 13.0. The van der Waals surface area contributed by atoms with Crippen LogP contribution in [0.25, 0.3) is 10.9 Å². The second-order valence-electron chi connectivity index (χ2n) is 6.87. The molecular formula is C22H22N2O2. The molecule has 1 aromatic heterocycles. The first-order valence-electron chi connectivity index (χ1n) is 9.10. The predicted molar refractivity (Wildman–Crippen MR) is 102 cm³/mol. The first-order chi connectivity index (χ1) is 12.7. The van der Waals surface area contributed by atoms with E-state index in [2.05, 4.69) is 4.98 Å². The van der Waals surface area contributed by atoms with Crippen LogP contribution in [-0.2, 0) is 0 Å². The number of aliphatic hydroxyl groups excluding tert-OH is 1. The van der Waals surface area contributed by atoms with Crippen LogP contribution in [0.1, 0.15) is 34.9 Å². The third-order valence-electron chi connectivity index (χ3n) is 5.28. The van der Waals surface area contributed by atoms with E-state index in [-0.39, 0.29) is 11.8 Å². The fraction of sp³-hybridized carbons (Fsp3) is 0.273. The largest absolute Gasteiger partial charge is 0.388 e. The molecule has 2 aromatic carbocycles. The summed E-state index contributed by atoms with van der Waals surface area (Å²) in [6.45, 7) is 1.33. The van der Waals surface area contributed by atoms with E-state index < -0.39 is 6.10 Å². The van der Waals surface area contributed by atoms with Crippen molar-refractivity contribution in [2.45, 2.75) is 18.9 Å². The molecule has 3 aromatic rings. The van der Waals surface area contributed by atoms with Crippen LogP contribution in [0.2, 0.25) is 0 Å². The molecule has 0 unspecified atom stereocenters.